The molecule has 0 spiro atoms. The number of nitrogens with zero attached hydrogens (tertiary/aromatic N) is 3. The topological polar surface area (TPSA) is 87.8 Å². The van der Waals surface area contributed by atoms with E-state index in [0.29, 0.717) is 35.6 Å². The van der Waals surface area contributed by atoms with E-state index < -0.39 is 29.7 Å². The summed E-state index contributed by atoms with van der Waals surface area (Å²) in [6.07, 6.45) is 6.92. The van der Waals surface area contributed by atoms with Crippen molar-refractivity contribution in [2.24, 2.45) is 5.92 Å². The zero-order valence-corrected chi connectivity index (χ0v) is 21.9. The smallest absolute Gasteiger partial charge is 0.233 e. The second-order valence-electron chi connectivity index (χ2n) is 9.96. The van der Waals surface area contributed by atoms with E-state index in [1.165, 1.54) is 48.5 Å². The number of aliphatic hydroxyl groups is 1. The third kappa shape index (κ3) is 6.15. The number of amides is 1. The molecule has 40 heavy (non-hydrogen) atoms. The first-order chi connectivity index (χ1) is 19.4. The molecule has 7 nitrogen and oxygen atoms in total. The van der Waals surface area contributed by atoms with Crippen molar-refractivity contribution in [3.63, 3.8) is 0 Å². The third-order valence-electron chi connectivity index (χ3n) is 7.28. The first kappa shape index (κ1) is 27.3. The number of halogens is 2. The van der Waals surface area contributed by atoms with Crippen LogP contribution in [0.1, 0.15) is 49.0 Å². The molecule has 0 radical (unpaired) electrons. The molecule has 208 valence electrons. The zero-order valence-electron chi connectivity index (χ0n) is 21.9. The zero-order chi connectivity index (χ0) is 28.1. The number of aryl methyl sites for hydroxylation is 1. The van der Waals surface area contributed by atoms with Crippen LogP contribution in [0, 0.1) is 17.6 Å². The molecule has 1 unspecified atom stereocenters. The predicted molar refractivity (Wildman–Crippen MR) is 146 cm³/mol. The summed E-state index contributed by atoms with van der Waals surface area (Å²) in [5.74, 6) is -0.989. The van der Waals surface area contributed by atoms with Gasteiger partial charge in [0.1, 0.15) is 23.1 Å². The van der Waals surface area contributed by atoms with Gasteiger partial charge in [0.15, 0.2) is 0 Å². The van der Waals surface area contributed by atoms with Crippen molar-refractivity contribution in [1.82, 2.24) is 9.55 Å². The summed E-state index contributed by atoms with van der Waals surface area (Å²) in [5.41, 5.74) is 1.62. The number of aliphatic hydroxyl groups excluding tert-OH is 1. The molecule has 1 fully saturated rings. The predicted octanol–water partition coefficient (Wildman–Crippen LogP) is 5.94. The van der Waals surface area contributed by atoms with Gasteiger partial charge in [0.2, 0.25) is 5.91 Å². The minimum absolute atomic E-state index is 0.00962. The molecule has 4 aromatic rings. The fraction of sp³-hybridized carbons (Fsp3) is 0.290. The summed E-state index contributed by atoms with van der Waals surface area (Å²) in [6, 6.07) is 15.8. The van der Waals surface area contributed by atoms with Crippen LogP contribution in [0.4, 0.5) is 14.5 Å². The van der Waals surface area contributed by atoms with Gasteiger partial charge in [-0.15, -0.1) is 0 Å². The number of carbonyl (C=O) groups is 1. The number of anilines is 1. The van der Waals surface area contributed by atoms with Crippen LogP contribution in [0.3, 0.4) is 0 Å². The Labute approximate surface area is 231 Å². The first-order valence-corrected chi connectivity index (χ1v) is 13.3. The van der Waals surface area contributed by atoms with Crippen molar-refractivity contribution < 1.29 is 28.5 Å². The summed E-state index contributed by atoms with van der Waals surface area (Å²) in [5, 5.41) is 21.6. The van der Waals surface area contributed by atoms with Crippen LogP contribution in [0.25, 0.3) is 0 Å². The molecule has 1 aromatic heterocycles. The molecule has 9 heteroatoms. The number of aromatic nitrogens is 2. The summed E-state index contributed by atoms with van der Waals surface area (Å²) < 4.78 is 34.7. The van der Waals surface area contributed by atoms with E-state index >= 15 is 0 Å². The SMILES string of the molecule is O=C1C(CC[C@H](O)c2ccc(F)cc2)[C@@H](c2ccc(OCCCCn3ccnc3)cc2O)N1c1ccc(F)cc1. The molecular weight excluding hydrogens is 516 g/mol. The lowest BCUT2D eigenvalue weighted by Crippen LogP contribution is -2.55. The van der Waals surface area contributed by atoms with Crippen LogP contribution in [0.2, 0.25) is 0 Å². The molecule has 3 aromatic carbocycles. The number of benzene rings is 3. The molecule has 1 amide bonds. The highest BCUT2D eigenvalue weighted by molar-refractivity contribution is 6.03. The third-order valence-corrected chi connectivity index (χ3v) is 7.28. The number of ether oxygens (including phenoxy) is 1. The number of hydrogen-bond acceptors (Lipinski definition) is 5. The van der Waals surface area contributed by atoms with E-state index in [9.17, 15) is 23.8 Å². The Bertz CT molecular complexity index is 1410. The van der Waals surface area contributed by atoms with E-state index in [4.69, 9.17) is 4.74 Å². The number of aromatic hydroxyl groups is 1. The number of carbonyl (C=O) groups excluding carboxylic acids is 1. The second-order valence-corrected chi connectivity index (χ2v) is 9.96. The summed E-state index contributed by atoms with van der Waals surface area (Å²) in [4.78, 5) is 18.8. The second kappa shape index (κ2) is 12.3. The van der Waals surface area contributed by atoms with Gasteiger partial charge in [-0.05, 0) is 79.8 Å². The van der Waals surface area contributed by atoms with E-state index in [0.717, 1.165) is 19.4 Å². The van der Waals surface area contributed by atoms with E-state index in [2.05, 4.69) is 4.98 Å². The summed E-state index contributed by atoms with van der Waals surface area (Å²) in [7, 11) is 0. The highest BCUT2D eigenvalue weighted by Gasteiger charge is 2.49. The van der Waals surface area contributed by atoms with Gasteiger partial charge in [-0.3, -0.25) is 4.79 Å². The maximum Gasteiger partial charge on any atom is 0.233 e. The van der Waals surface area contributed by atoms with Crippen LogP contribution in [0.15, 0.2) is 85.5 Å². The van der Waals surface area contributed by atoms with Gasteiger partial charge >= 0.3 is 0 Å². The Hall–Kier alpha value is -4.24. The van der Waals surface area contributed by atoms with Crippen molar-refractivity contribution in [3.05, 3.63) is 108 Å². The van der Waals surface area contributed by atoms with Crippen molar-refractivity contribution >= 4 is 11.6 Å². The Balaban J connectivity index is 1.27. The molecule has 1 aliphatic rings. The van der Waals surface area contributed by atoms with E-state index in [-0.39, 0.29) is 18.1 Å². The lowest BCUT2D eigenvalue weighted by atomic mass is 9.78. The number of rotatable bonds is 12. The number of β-lactam (4-membered cyclic amide) rings is 1. The quantitative estimate of drug-likeness (QED) is 0.169. The largest absolute Gasteiger partial charge is 0.507 e. The average molecular weight is 548 g/mol. The van der Waals surface area contributed by atoms with Gasteiger partial charge in [-0.2, -0.15) is 0 Å². The molecular formula is C31H31F2N3O4. The Morgan fingerprint density at radius 3 is 2.38 bits per heavy atom. The minimum Gasteiger partial charge on any atom is -0.507 e. The number of phenolic OH excluding ortho intramolecular Hbond substituents is 1. The molecule has 2 heterocycles. The van der Waals surface area contributed by atoms with Gasteiger partial charge < -0.3 is 24.4 Å². The van der Waals surface area contributed by atoms with Crippen molar-refractivity contribution in [2.45, 2.75) is 44.4 Å². The molecule has 1 aliphatic heterocycles. The lowest BCUT2D eigenvalue weighted by molar-refractivity contribution is -0.131. The number of hydrogen-bond donors (Lipinski definition) is 2. The molecule has 2 N–H and O–H groups in total. The van der Waals surface area contributed by atoms with Crippen LogP contribution >= 0.6 is 0 Å². The Kier molecular flexibility index (Phi) is 8.40. The van der Waals surface area contributed by atoms with E-state index in [1.54, 1.807) is 35.6 Å². The fourth-order valence-corrected chi connectivity index (χ4v) is 5.13. The summed E-state index contributed by atoms with van der Waals surface area (Å²) >= 11 is 0. The fourth-order valence-electron chi connectivity index (χ4n) is 5.13. The highest BCUT2D eigenvalue weighted by atomic mass is 19.1. The van der Waals surface area contributed by atoms with Gasteiger partial charge in [0.25, 0.3) is 0 Å². The Morgan fingerprint density at radius 2 is 1.70 bits per heavy atom. The average Bonchev–Trinajstić information content (AvgIpc) is 3.47. The molecule has 3 atom stereocenters. The van der Waals surface area contributed by atoms with Crippen LogP contribution in [0.5, 0.6) is 11.5 Å². The van der Waals surface area contributed by atoms with Gasteiger partial charge in [0.05, 0.1) is 31.0 Å². The molecule has 0 bridgehead atoms. The van der Waals surface area contributed by atoms with Crippen molar-refractivity contribution in [1.29, 1.82) is 0 Å². The molecule has 0 saturated carbocycles. The van der Waals surface area contributed by atoms with Crippen LogP contribution in [-0.2, 0) is 11.3 Å². The van der Waals surface area contributed by atoms with Crippen molar-refractivity contribution in [3.8, 4) is 11.5 Å². The maximum absolute atomic E-state index is 13.6. The normalized spacial score (nSPS) is 17.5. The van der Waals surface area contributed by atoms with Gasteiger partial charge in [0, 0.05) is 36.3 Å². The number of imidazole rings is 1. The highest BCUT2D eigenvalue weighted by Crippen LogP contribution is 2.49. The molecule has 1 saturated heterocycles. The van der Waals surface area contributed by atoms with Crippen LogP contribution < -0.4 is 9.64 Å². The van der Waals surface area contributed by atoms with E-state index in [1.807, 2.05) is 10.8 Å². The van der Waals surface area contributed by atoms with Gasteiger partial charge in [-0.1, -0.05) is 12.1 Å². The lowest BCUT2D eigenvalue weighted by Gasteiger charge is -2.48. The summed E-state index contributed by atoms with van der Waals surface area (Å²) in [6.45, 7) is 1.33. The minimum atomic E-state index is -0.868. The van der Waals surface area contributed by atoms with Crippen molar-refractivity contribution in [2.75, 3.05) is 11.5 Å². The molecule has 0 aliphatic carbocycles. The molecule has 5 rings (SSSR count). The Morgan fingerprint density at radius 1 is 0.975 bits per heavy atom. The van der Waals surface area contributed by atoms with Crippen LogP contribution in [-0.4, -0.2) is 32.3 Å². The van der Waals surface area contributed by atoms with Gasteiger partial charge in [-0.25, -0.2) is 13.8 Å². The standard InChI is InChI=1S/C31H31F2N3O4/c32-22-5-3-21(4-6-22)28(37)14-13-27-30(36(31(27)39)24-9-7-23(33)8-10-24)26-12-11-25(19-29(26)38)40-18-2-1-16-35-17-15-34-20-35/h3-12,15,17,19-20,27-28,30,37-38H,1-2,13-14,16,18H2/t27?,28-,30+/m0/s1. The first-order valence-electron chi connectivity index (χ1n) is 13.3. The number of unbranched alkanes of at least 4 members (excludes halogenated alkanes) is 1. The monoisotopic (exact) mass is 547 g/mol. The number of phenols is 1. The maximum atomic E-state index is 13.6.